The highest BCUT2D eigenvalue weighted by molar-refractivity contribution is 7.85. The minimum Gasteiger partial charge on any atom is -0.192 e. The van der Waals surface area contributed by atoms with E-state index in [1.54, 1.807) is 0 Å². The molecule has 0 atom stereocenters. The summed E-state index contributed by atoms with van der Waals surface area (Å²) in [4.78, 5) is 0. The normalized spacial score (nSPS) is 10.9. The Balaban J connectivity index is 1.80. The molecule has 0 bridgehead atoms. The number of nitriles is 1. The molecule has 1 nitrogen and oxygen atoms in total. The largest absolute Gasteiger partial charge is 0.192 e. The van der Waals surface area contributed by atoms with Gasteiger partial charge in [-0.2, -0.15) is 5.26 Å². The first-order valence-electron chi connectivity index (χ1n) is 11.2. The summed E-state index contributed by atoms with van der Waals surface area (Å²) in [5.41, 5.74) is 0.703. The van der Waals surface area contributed by atoms with Crippen LogP contribution in [-0.4, -0.2) is 0 Å². The molecule has 0 fully saturated rings. The molecule has 5 aromatic carbocycles. The molecule has 34 heavy (non-hydrogen) atoms. The summed E-state index contributed by atoms with van der Waals surface area (Å²) in [7, 11) is -1.63. The van der Waals surface area contributed by atoms with Crippen molar-refractivity contribution >= 4 is 47.7 Å². The second kappa shape index (κ2) is 10.6. The third-order valence-electron chi connectivity index (χ3n) is 5.64. The van der Waals surface area contributed by atoms with Crippen LogP contribution < -0.4 is 31.8 Å². The number of benzene rings is 5. The van der Waals surface area contributed by atoms with Crippen molar-refractivity contribution in [2.45, 2.75) is 0 Å². The lowest BCUT2D eigenvalue weighted by Gasteiger charge is -2.27. The van der Waals surface area contributed by atoms with Crippen LogP contribution in [0.15, 0.2) is 140 Å². The van der Waals surface area contributed by atoms with Gasteiger partial charge in [0.05, 0.1) is 11.6 Å². The van der Waals surface area contributed by atoms with Crippen molar-refractivity contribution in [3.63, 3.8) is 0 Å². The van der Waals surface area contributed by atoms with Gasteiger partial charge in [-0.1, -0.05) is 127 Å². The van der Waals surface area contributed by atoms with Crippen LogP contribution in [0.4, 0.5) is 0 Å². The molecule has 3 heteroatoms. The number of nitrogens with zero attached hydrogens (tertiary/aromatic N) is 1. The van der Waals surface area contributed by atoms with E-state index in [2.05, 4.69) is 140 Å². The van der Waals surface area contributed by atoms with E-state index >= 15 is 0 Å². The van der Waals surface area contributed by atoms with Crippen molar-refractivity contribution in [1.29, 1.82) is 5.26 Å². The fraction of sp³-hybridized carbons (Fsp3) is 0. The summed E-state index contributed by atoms with van der Waals surface area (Å²) in [5.74, 6) is 0. The van der Waals surface area contributed by atoms with Gasteiger partial charge in [-0.15, -0.1) is 0 Å². The molecule has 0 spiro atoms. The fourth-order valence-electron chi connectivity index (χ4n) is 4.12. The molecule has 0 saturated carbocycles. The van der Waals surface area contributed by atoms with Gasteiger partial charge in [0.2, 0.25) is 0 Å². The molecule has 0 aromatic heterocycles. The van der Waals surface area contributed by atoms with Crippen LogP contribution in [0.1, 0.15) is 5.56 Å². The Morgan fingerprint density at radius 2 is 0.765 bits per heavy atom. The average Bonchev–Trinajstić information content (AvgIpc) is 2.92. The van der Waals surface area contributed by atoms with Crippen LogP contribution in [0, 0.1) is 11.3 Å². The third-order valence-corrected chi connectivity index (χ3v) is 10.8. The first-order chi connectivity index (χ1) is 16.8. The number of hydrogen-bond acceptors (Lipinski definition) is 1. The van der Waals surface area contributed by atoms with E-state index < -0.39 is 15.8 Å². The van der Waals surface area contributed by atoms with Gasteiger partial charge in [0.25, 0.3) is 0 Å². The maximum atomic E-state index is 9.81. The van der Waals surface area contributed by atoms with Crippen LogP contribution in [-0.2, 0) is 0 Å². The monoisotopic (exact) mass is 471 g/mol. The minimum absolute atomic E-state index is 0.703. The molecule has 0 aliphatic heterocycles. The van der Waals surface area contributed by atoms with Gasteiger partial charge < -0.3 is 0 Å². The van der Waals surface area contributed by atoms with E-state index in [0.29, 0.717) is 5.56 Å². The zero-order valence-corrected chi connectivity index (χ0v) is 20.4. The Hall–Kier alpha value is -3.55. The third kappa shape index (κ3) is 4.71. The molecule has 162 valence electrons. The molecule has 0 unspecified atom stereocenters. The van der Waals surface area contributed by atoms with Gasteiger partial charge in [-0.3, -0.25) is 0 Å². The van der Waals surface area contributed by atoms with Crippen LogP contribution in [0.2, 0.25) is 0 Å². The summed E-state index contributed by atoms with van der Waals surface area (Å²) in [6.45, 7) is 0. The van der Waals surface area contributed by atoms with Gasteiger partial charge in [0.15, 0.2) is 0 Å². The van der Waals surface area contributed by atoms with Gasteiger partial charge in [-0.25, -0.2) is 0 Å². The predicted octanol–water partition coefficient (Wildman–Crippen LogP) is 5.07. The Bertz CT molecular complexity index is 1320. The summed E-state index contributed by atoms with van der Waals surface area (Å²) in [6.07, 6.45) is 0. The van der Waals surface area contributed by atoms with Gasteiger partial charge in [0.1, 0.15) is 0 Å². The number of hydrogen-bond donors (Lipinski definition) is 0. The zero-order valence-electron chi connectivity index (χ0n) is 18.6. The first-order valence-corrected chi connectivity index (χ1v) is 13.9. The molecule has 5 rings (SSSR count). The van der Waals surface area contributed by atoms with Crippen LogP contribution in [0.25, 0.3) is 0 Å². The molecular formula is C31H23NP2. The van der Waals surface area contributed by atoms with E-state index in [-0.39, 0.29) is 0 Å². The van der Waals surface area contributed by atoms with E-state index in [1.807, 2.05) is 6.07 Å². The highest BCUT2D eigenvalue weighted by Crippen LogP contribution is 2.39. The summed E-state index contributed by atoms with van der Waals surface area (Å²) < 4.78 is 0. The maximum Gasteiger partial charge on any atom is 0.0991 e. The van der Waals surface area contributed by atoms with Crippen LogP contribution >= 0.6 is 15.8 Å². The standard InChI is InChI=1S/C31H23NP2/c32-24-25-21-22-30(33(26-13-5-1-6-14-26)27-15-7-2-8-16-27)31(23-25)34(28-17-9-3-10-18-28)29-19-11-4-12-20-29/h1-23H. The minimum atomic E-state index is -0.837. The first kappa shape index (κ1) is 22.3. The van der Waals surface area contributed by atoms with Crippen LogP contribution in [0.3, 0.4) is 0 Å². The Kier molecular flexibility index (Phi) is 6.93. The highest BCUT2D eigenvalue weighted by Gasteiger charge is 2.26. The molecule has 0 heterocycles. The molecule has 0 radical (unpaired) electrons. The van der Waals surface area contributed by atoms with Crippen molar-refractivity contribution in [1.82, 2.24) is 0 Å². The average molecular weight is 471 g/mol. The SMILES string of the molecule is N#Cc1ccc(P(c2ccccc2)c2ccccc2)c(P(c2ccccc2)c2ccccc2)c1. The topological polar surface area (TPSA) is 23.8 Å². The molecule has 0 aliphatic carbocycles. The quantitative estimate of drug-likeness (QED) is 0.317. The lowest BCUT2D eigenvalue weighted by molar-refractivity contribution is 1.50. The molecule has 5 aromatic rings. The molecule has 0 aliphatic rings. The Morgan fingerprint density at radius 3 is 1.12 bits per heavy atom. The van der Waals surface area contributed by atoms with Gasteiger partial charge in [0, 0.05) is 0 Å². The maximum absolute atomic E-state index is 9.81. The second-order valence-corrected chi connectivity index (χ2v) is 12.2. The summed E-state index contributed by atoms with van der Waals surface area (Å²) in [5, 5.41) is 17.6. The molecule has 0 amide bonds. The zero-order chi connectivity index (χ0) is 23.2. The van der Waals surface area contributed by atoms with Crippen LogP contribution in [0.5, 0.6) is 0 Å². The second-order valence-electron chi connectivity index (χ2n) is 7.83. The van der Waals surface area contributed by atoms with Gasteiger partial charge >= 0.3 is 0 Å². The lowest BCUT2D eigenvalue weighted by Crippen LogP contribution is -2.34. The predicted molar refractivity (Wildman–Crippen MR) is 149 cm³/mol. The van der Waals surface area contributed by atoms with E-state index in [9.17, 15) is 5.26 Å². The van der Waals surface area contributed by atoms with Crippen molar-refractivity contribution in [2.24, 2.45) is 0 Å². The van der Waals surface area contributed by atoms with Crippen molar-refractivity contribution in [2.75, 3.05) is 0 Å². The van der Waals surface area contributed by atoms with E-state index in [1.165, 1.54) is 31.8 Å². The van der Waals surface area contributed by atoms with Gasteiger partial charge in [-0.05, 0) is 59.8 Å². The Labute approximate surface area is 203 Å². The van der Waals surface area contributed by atoms with Crippen molar-refractivity contribution in [3.05, 3.63) is 145 Å². The smallest absolute Gasteiger partial charge is 0.0991 e. The molecule has 0 N–H and O–H groups in total. The van der Waals surface area contributed by atoms with E-state index in [4.69, 9.17) is 0 Å². The Morgan fingerprint density at radius 1 is 0.412 bits per heavy atom. The summed E-state index contributed by atoms with van der Waals surface area (Å²) in [6, 6.07) is 51.7. The molecule has 0 saturated heterocycles. The van der Waals surface area contributed by atoms with Crippen molar-refractivity contribution in [3.8, 4) is 6.07 Å². The lowest BCUT2D eigenvalue weighted by atomic mass is 10.2. The highest BCUT2D eigenvalue weighted by atomic mass is 31.1. The fourth-order valence-corrected chi connectivity index (χ4v) is 9.40. The van der Waals surface area contributed by atoms with E-state index in [0.717, 1.165) is 0 Å². The number of rotatable bonds is 6. The van der Waals surface area contributed by atoms with Crippen molar-refractivity contribution < 1.29 is 0 Å². The summed E-state index contributed by atoms with van der Waals surface area (Å²) >= 11 is 0. The molecular weight excluding hydrogens is 448 g/mol.